The Hall–Kier alpha value is -1.60. The lowest BCUT2D eigenvalue weighted by Gasteiger charge is -2.32. The molecular formula is C17H28N4O3. The van der Waals surface area contributed by atoms with Gasteiger partial charge in [-0.15, -0.1) is 0 Å². The number of piperidine rings is 1. The van der Waals surface area contributed by atoms with Crippen molar-refractivity contribution in [1.82, 2.24) is 20.2 Å². The number of nitrogens with zero attached hydrogens (tertiary/aromatic N) is 2. The summed E-state index contributed by atoms with van der Waals surface area (Å²) in [5.41, 5.74) is 1.17. The van der Waals surface area contributed by atoms with Crippen LogP contribution in [0.4, 0.5) is 4.79 Å². The molecular weight excluding hydrogens is 308 g/mol. The minimum Gasteiger partial charge on any atom is -0.348 e. The number of hydrogen-bond donors (Lipinski definition) is 2. The van der Waals surface area contributed by atoms with Crippen LogP contribution in [0.2, 0.25) is 0 Å². The molecule has 0 unspecified atom stereocenters. The van der Waals surface area contributed by atoms with Crippen LogP contribution in [0, 0.1) is 5.92 Å². The number of nitrogens with one attached hydrogen (secondary N) is 2. The first-order valence-corrected chi connectivity index (χ1v) is 8.85. The van der Waals surface area contributed by atoms with E-state index in [1.807, 2.05) is 18.0 Å². The quantitative estimate of drug-likeness (QED) is 0.863. The summed E-state index contributed by atoms with van der Waals surface area (Å²) in [6, 6.07) is 0.0309. The topological polar surface area (TPSA) is 79.5 Å². The first kappa shape index (κ1) is 17.2. The highest BCUT2D eigenvalue weighted by Crippen LogP contribution is 2.27. The Morgan fingerprint density at radius 2 is 2.17 bits per heavy atom. The number of ether oxygens (including phenoxy) is 2. The van der Waals surface area contributed by atoms with E-state index in [1.165, 1.54) is 5.69 Å². The zero-order chi connectivity index (χ0) is 17.0. The van der Waals surface area contributed by atoms with Gasteiger partial charge in [0.2, 0.25) is 0 Å². The van der Waals surface area contributed by atoms with Crippen LogP contribution in [0.5, 0.6) is 0 Å². The van der Waals surface area contributed by atoms with E-state index in [9.17, 15) is 4.79 Å². The highest BCUT2D eigenvalue weighted by Gasteiger charge is 2.33. The fourth-order valence-electron chi connectivity index (χ4n) is 3.64. The van der Waals surface area contributed by atoms with Gasteiger partial charge >= 0.3 is 6.03 Å². The molecule has 0 aromatic carbocycles. The van der Waals surface area contributed by atoms with Crippen molar-refractivity contribution in [1.29, 1.82) is 0 Å². The summed E-state index contributed by atoms with van der Waals surface area (Å²) in [7, 11) is 0. The Morgan fingerprint density at radius 1 is 1.46 bits per heavy atom. The summed E-state index contributed by atoms with van der Waals surface area (Å²) >= 11 is 0. The van der Waals surface area contributed by atoms with Crippen LogP contribution in [-0.4, -0.2) is 59.5 Å². The van der Waals surface area contributed by atoms with Gasteiger partial charge < -0.3 is 24.7 Å². The number of H-pyrrole nitrogens is 1. The number of urea groups is 1. The lowest BCUT2D eigenvalue weighted by Crippen LogP contribution is -2.45. The Bertz CT molecular complexity index is 520. The van der Waals surface area contributed by atoms with E-state index >= 15 is 0 Å². The predicted octanol–water partition coefficient (Wildman–Crippen LogP) is 2.09. The number of hydrogen-bond acceptors (Lipinski definition) is 4. The summed E-state index contributed by atoms with van der Waals surface area (Å²) in [6.45, 7) is 7.60. The van der Waals surface area contributed by atoms with Crippen molar-refractivity contribution >= 4 is 6.03 Å². The molecule has 2 N–H and O–H groups in total. The largest absolute Gasteiger partial charge is 0.348 e. The molecule has 134 valence electrons. The molecule has 3 heterocycles. The summed E-state index contributed by atoms with van der Waals surface area (Å²) in [5.74, 6) is 0.290. The highest BCUT2D eigenvalue weighted by molar-refractivity contribution is 5.74. The second-order valence-corrected chi connectivity index (χ2v) is 7.09. The molecule has 2 amide bonds. The second-order valence-electron chi connectivity index (χ2n) is 7.09. The Morgan fingerprint density at radius 3 is 2.79 bits per heavy atom. The highest BCUT2D eigenvalue weighted by atomic mass is 16.7. The van der Waals surface area contributed by atoms with Gasteiger partial charge in [-0.05, 0) is 25.7 Å². The van der Waals surface area contributed by atoms with Gasteiger partial charge in [0.05, 0.1) is 19.5 Å². The predicted molar refractivity (Wildman–Crippen MR) is 89.6 cm³/mol. The molecule has 0 bridgehead atoms. The number of amides is 2. The molecule has 2 aliphatic heterocycles. The molecule has 3 rings (SSSR count). The van der Waals surface area contributed by atoms with Crippen molar-refractivity contribution in [2.45, 2.75) is 44.8 Å². The smallest absolute Gasteiger partial charge is 0.317 e. The van der Waals surface area contributed by atoms with Gasteiger partial charge in [-0.2, -0.15) is 0 Å². The van der Waals surface area contributed by atoms with Crippen LogP contribution < -0.4 is 5.32 Å². The van der Waals surface area contributed by atoms with E-state index in [0.29, 0.717) is 31.6 Å². The molecule has 2 saturated heterocycles. The van der Waals surface area contributed by atoms with Gasteiger partial charge in [0, 0.05) is 43.9 Å². The van der Waals surface area contributed by atoms with E-state index in [4.69, 9.17) is 9.47 Å². The maximum absolute atomic E-state index is 12.3. The van der Waals surface area contributed by atoms with Gasteiger partial charge in [-0.25, -0.2) is 9.78 Å². The van der Waals surface area contributed by atoms with Crippen molar-refractivity contribution in [3.05, 3.63) is 18.2 Å². The molecule has 7 nitrogen and oxygen atoms in total. The Kier molecular flexibility index (Phi) is 5.40. The standard InChI is InChI=1S/C17H28N4O3/c1-13(9-17(2)23-7-8-24-17)10-19-16(22)21-5-3-14(4-6-21)15-11-18-12-20-15/h11-14H,3-10H2,1-2H3,(H,18,20)(H,19,22)/t13-/m1/s1. The number of aromatic nitrogens is 2. The van der Waals surface area contributed by atoms with E-state index in [1.54, 1.807) is 6.33 Å². The summed E-state index contributed by atoms with van der Waals surface area (Å²) in [5, 5.41) is 3.05. The Balaban J connectivity index is 1.38. The molecule has 2 aliphatic rings. The average molecular weight is 336 g/mol. The van der Waals surface area contributed by atoms with Crippen molar-refractivity contribution in [2.75, 3.05) is 32.8 Å². The van der Waals surface area contributed by atoms with Crippen LogP contribution in [0.3, 0.4) is 0 Å². The lowest BCUT2D eigenvalue weighted by molar-refractivity contribution is -0.153. The van der Waals surface area contributed by atoms with Gasteiger partial charge in [0.25, 0.3) is 0 Å². The van der Waals surface area contributed by atoms with Crippen molar-refractivity contribution in [2.24, 2.45) is 5.92 Å². The molecule has 0 aliphatic carbocycles. The maximum Gasteiger partial charge on any atom is 0.317 e. The molecule has 2 fully saturated rings. The van der Waals surface area contributed by atoms with Crippen LogP contribution in [0.15, 0.2) is 12.5 Å². The van der Waals surface area contributed by atoms with Gasteiger partial charge in [0.1, 0.15) is 0 Å². The number of rotatable bonds is 5. The van der Waals surface area contributed by atoms with Crippen molar-refractivity contribution in [3.63, 3.8) is 0 Å². The molecule has 1 aromatic heterocycles. The fourth-order valence-corrected chi connectivity index (χ4v) is 3.64. The molecule has 7 heteroatoms. The number of carbonyl (C=O) groups excluding carboxylic acids is 1. The number of imidazole rings is 1. The van der Waals surface area contributed by atoms with Crippen LogP contribution >= 0.6 is 0 Å². The number of aromatic amines is 1. The first-order valence-electron chi connectivity index (χ1n) is 8.85. The minimum atomic E-state index is -0.493. The van der Waals surface area contributed by atoms with Gasteiger partial charge in [-0.3, -0.25) is 0 Å². The monoisotopic (exact) mass is 336 g/mol. The average Bonchev–Trinajstić information content (AvgIpc) is 3.25. The van der Waals surface area contributed by atoms with Crippen LogP contribution in [0.1, 0.15) is 44.7 Å². The first-order chi connectivity index (χ1) is 11.6. The van der Waals surface area contributed by atoms with Crippen molar-refractivity contribution < 1.29 is 14.3 Å². The van der Waals surface area contributed by atoms with E-state index in [0.717, 1.165) is 32.4 Å². The number of likely N-dealkylation sites (tertiary alicyclic amines) is 1. The normalized spacial score (nSPS) is 22.5. The third kappa shape index (κ3) is 4.27. The van der Waals surface area contributed by atoms with Crippen LogP contribution in [0.25, 0.3) is 0 Å². The van der Waals surface area contributed by atoms with E-state index < -0.39 is 5.79 Å². The van der Waals surface area contributed by atoms with E-state index in [2.05, 4.69) is 22.2 Å². The third-order valence-electron chi connectivity index (χ3n) is 4.96. The summed E-state index contributed by atoms with van der Waals surface area (Å²) in [6.07, 6.45) is 6.34. The summed E-state index contributed by atoms with van der Waals surface area (Å²) < 4.78 is 11.3. The van der Waals surface area contributed by atoms with Crippen LogP contribution in [-0.2, 0) is 9.47 Å². The van der Waals surface area contributed by atoms with Crippen molar-refractivity contribution in [3.8, 4) is 0 Å². The molecule has 24 heavy (non-hydrogen) atoms. The third-order valence-corrected chi connectivity index (χ3v) is 4.96. The lowest BCUT2D eigenvalue weighted by atomic mass is 9.94. The van der Waals surface area contributed by atoms with Gasteiger partial charge in [-0.1, -0.05) is 6.92 Å². The Labute approximate surface area is 143 Å². The molecule has 0 spiro atoms. The zero-order valence-electron chi connectivity index (χ0n) is 14.6. The number of carbonyl (C=O) groups is 1. The SMILES string of the molecule is C[C@@H](CNC(=O)N1CCC(c2cnc[nH]2)CC1)CC1(C)OCCO1. The fraction of sp³-hybridized carbons (Fsp3) is 0.765. The second kappa shape index (κ2) is 7.53. The van der Waals surface area contributed by atoms with Gasteiger partial charge in [0.15, 0.2) is 5.79 Å². The molecule has 1 atom stereocenters. The molecule has 1 aromatic rings. The minimum absolute atomic E-state index is 0.0309. The summed E-state index contributed by atoms with van der Waals surface area (Å²) in [4.78, 5) is 21.5. The zero-order valence-corrected chi connectivity index (χ0v) is 14.6. The molecule has 0 saturated carbocycles. The maximum atomic E-state index is 12.3. The van der Waals surface area contributed by atoms with E-state index in [-0.39, 0.29) is 6.03 Å². The molecule has 0 radical (unpaired) electrons.